The van der Waals surface area contributed by atoms with Crippen molar-refractivity contribution in [3.63, 3.8) is 0 Å². The van der Waals surface area contributed by atoms with Gasteiger partial charge in [0.05, 0.1) is 0 Å². The van der Waals surface area contributed by atoms with Crippen molar-refractivity contribution in [3.8, 4) is 0 Å². The lowest BCUT2D eigenvalue weighted by Crippen LogP contribution is -3.00. The van der Waals surface area contributed by atoms with Crippen molar-refractivity contribution in [2.24, 2.45) is 0 Å². The normalized spacial score (nSPS) is 8.69. The van der Waals surface area contributed by atoms with Gasteiger partial charge in [-0.3, -0.25) is 4.79 Å². The van der Waals surface area contributed by atoms with Crippen molar-refractivity contribution in [2.45, 2.75) is 13.5 Å². The van der Waals surface area contributed by atoms with E-state index >= 15 is 0 Å². The molecule has 0 aliphatic carbocycles. The molecule has 0 radical (unpaired) electrons. The Morgan fingerprint density at radius 3 is 2.46 bits per heavy atom. The fraction of sp³-hybridized carbons (Fsp3) is 0.200. The Balaban J connectivity index is 0.00000144. The molecule has 0 spiro atoms. The number of allylic oxidation sites excluding steroid dienone is 1. The molecule has 1 rings (SSSR count). The number of carbonyl (C=O) groups excluding carboxylic acids is 1. The fourth-order valence-electron chi connectivity index (χ4n) is 0.963. The van der Waals surface area contributed by atoms with Crippen LogP contribution in [0.25, 0.3) is 0 Å². The Kier molecular flexibility index (Phi) is 5.23. The fourth-order valence-corrected chi connectivity index (χ4v) is 0.963. The highest BCUT2D eigenvalue weighted by atomic mass is 79.9. The summed E-state index contributed by atoms with van der Waals surface area (Å²) in [6.07, 6.45) is 5.56. The summed E-state index contributed by atoms with van der Waals surface area (Å²) in [6.45, 7) is 5.96. The van der Waals surface area contributed by atoms with Gasteiger partial charge in [-0.05, 0) is 13.0 Å². The highest BCUT2D eigenvalue weighted by Crippen LogP contribution is 1.95. The third-order valence-electron chi connectivity index (χ3n) is 1.64. The van der Waals surface area contributed by atoms with E-state index in [1.165, 1.54) is 0 Å². The summed E-state index contributed by atoms with van der Waals surface area (Å²) in [5.41, 5.74) is 0.746. The summed E-state index contributed by atoms with van der Waals surface area (Å²) in [5.74, 6) is 0.0979. The van der Waals surface area contributed by atoms with Crippen molar-refractivity contribution in [2.75, 3.05) is 0 Å². The molecule has 1 aromatic rings. The van der Waals surface area contributed by atoms with Crippen LogP contribution in [0, 0.1) is 0 Å². The Bertz CT molecular complexity index is 292. The first-order valence-corrected chi connectivity index (χ1v) is 3.85. The van der Waals surface area contributed by atoms with Gasteiger partial charge in [-0.1, -0.05) is 6.58 Å². The van der Waals surface area contributed by atoms with E-state index in [0.717, 1.165) is 12.1 Å². The zero-order valence-corrected chi connectivity index (χ0v) is 9.12. The molecule has 0 fully saturated rings. The van der Waals surface area contributed by atoms with Crippen molar-refractivity contribution >= 4 is 5.78 Å². The van der Waals surface area contributed by atoms with Crippen LogP contribution in [0.1, 0.15) is 17.3 Å². The quantitative estimate of drug-likeness (QED) is 0.354. The molecule has 0 bridgehead atoms. The standard InChI is InChI=1S/C10H12NO.BrH/c1-3-6-11-7-4-10(5-8-11)9(2)12;/h3-5,7-8H,1,6H2,2H3;1H/q+1;/p-1. The highest BCUT2D eigenvalue weighted by molar-refractivity contribution is 5.93. The molecule has 0 unspecified atom stereocenters. The summed E-state index contributed by atoms with van der Waals surface area (Å²) in [6, 6.07) is 3.62. The number of hydrogen-bond acceptors (Lipinski definition) is 1. The van der Waals surface area contributed by atoms with Crippen LogP contribution in [0.3, 0.4) is 0 Å². The van der Waals surface area contributed by atoms with E-state index in [2.05, 4.69) is 6.58 Å². The Morgan fingerprint density at radius 2 is 2.08 bits per heavy atom. The van der Waals surface area contributed by atoms with Gasteiger partial charge < -0.3 is 17.0 Å². The van der Waals surface area contributed by atoms with Gasteiger partial charge in [0.1, 0.15) is 0 Å². The zero-order chi connectivity index (χ0) is 8.97. The number of nitrogens with zero attached hydrogens (tertiary/aromatic N) is 1. The maximum Gasteiger partial charge on any atom is 0.169 e. The zero-order valence-electron chi connectivity index (χ0n) is 7.53. The minimum Gasteiger partial charge on any atom is -1.00 e. The Morgan fingerprint density at radius 1 is 1.54 bits per heavy atom. The minimum atomic E-state index is 0. The maximum absolute atomic E-state index is 10.9. The minimum absolute atomic E-state index is 0. The van der Waals surface area contributed by atoms with Crippen LogP contribution in [0.4, 0.5) is 0 Å². The molecule has 1 heterocycles. The van der Waals surface area contributed by atoms with Gasteiger partial charge in [0, 0.05) is 17.7 Å². The van der Waals surface area contributed by atoms with Crippen molar-refractivity contribution in [1.29, 1.82) is 0 Å². The van der Waals surface area contributed by atoms with Gasteiger partial charge in [-0.2, -0.15) is 0 Å². The summed E-state index contributed by atoms with van der Waals surface area (Å²) in [4.78, 5) is 10.9. The number of ketones is 1. The van der Waals surface area contributed by atoms with Gasteiger partial charge in [-0.15, -0.1) is 0 Å². The average molecular weight is 242 g/mol. The van der Waals surface area contributed by atoms with E-state index in [9.17, 15) is 4.79 Å². The molecule has 0 aromatic carbocycles. The molecule has 2 nitrogen and oxygen atoms in total. The first-order valence-electron chi connectivity index (χ1n) is 3.85. The summed E-state index contributed by atoms with van der Waals surface area (Å²) in [5, 5.41) is 0. The molecule has 0 N–H and O–H groups in total. The molecule has 0 aliphatic rings. The second-order valence-electron chi connectivity index (χ2n) is 2.63. The van der Waals surface area contributed by atoms with Crippen molar-refractivity contribution in [3.05, 3.63) is 42.7 Å². The second-order valence-corrected chi connectivity index (χ2v) is 2.63. The van der Waals surface area contributed by atoms with Gasteiger partial charge in [0.2, 0.25) is 0 Å². The molecule has 70 valence electrons. The van der Waals surface area contributed by atoms with E-state index in [1.807, 2.05) is 35.2 Å². The van der Waals surface area contributed by atoms with E-state index in [1.54, 1.807) is 6.92 Å². The number of aromatic nitrogens is 1. The van der Waals surface area contributed by atoms with Crippen LogP contribution in [0.2, 0.25) is 0 Å². The molecule has 0 atom stereocenters. The van der Waals surface area contributed by atoms with Crippen LogP contribution in [-0.2, 0) is 6.54 Å². The number of Topliss-reactive ketones (excluding diaryl/α,β-unsaturated/α-hetero) is 1. The van der Waals surface area contributed by atoms with Crippen molar-refractivity contribution in [1.82, 2.24) is 0 Å². The molecule has 3 heteroatoms. The van der Waals surface area contributed by atoms with E-state index in [4.69, 9.17) is 0 Å². The van der Waals surface area contributed by atoms with Crippen LogP contribution in [-0.4, -0.2) is 5.78 Å². The smallest absolute Gasteiger partial charge is 0.169 e. The monoisotopic (exact) mass is 241 g/mol. The summed E-state index contributed by atoms with van der Waals surface area (Å²) in [7, 11) is 0. The lowest BCUT2D eigenvalue weighted by Gasteiger charge is -1.93. The van der Waals surface area contributed by atoms with Gasteiger partial charge in [0.15, 0.2) is 24.7 Å². The number of hydrogen-bond donors (Lipinski definition) is 0. The Hall–Kier alpha value is -0.960. The van der Waals surface area contributed by atoms with Crippen LogP contribution in [0.15, 0.2) is 37.2 Å². The molecular formula is C10H12BrNO. The van der Waals surface area contributed by atoms with Gasteiger partial charge >= 0.3 is 0 Å². The van der Waals surface area contributed by atoms with Crippen LogP contribution < -0.4 is 21.5 Å². The van der Waals surface area contributed by atoms with Gasteiger partial charge in [-0.25, -0.2) is 4.57 Å². The first-order chi connectivity index (χ1) is 5.74. The van der Waals surface area contributed by atoms with Gasteiger partial charge in [0.25, 0.3) is 0 Å². The lowest BCUT2D eigenvalue weighted by molar-refractivity contribution is -0.687. The molecule has 13 heavy (non-hydrogen) atoms. The molecule has 0 saturated carbocycles. The molecular weight excluding hydrogens is 230 g/mol. The lowest BCUT2D eigenvalue weighted by atomic mass is 10.2. The SMILES string of the molecule is C=CC[n+]1ccc(C(C)=O)cc1.[Br-]. The number of carbonyl (C=O) groups is 1. The predicted molar refractivity (Wildman–Crippen MR) is 46.8 cm³/mol. The maximum atomic E-state index is 10.9. The van der Waals surface area contributed by atoms with E-state index in [0.29, 0.717) is 0 Å². The summed E-state index contributed by atoms with van der Waals surface area (Å²) >= 11 is 0. The number of pyridine rings is 1. The third kappa shape index (κ3) is 3.51. The number of halogens is 1. The molecule has 1 aromatic heterocycles. The third-order valence-corrected chi connectivity index (χ3v) is 1.64. The first kappa shape index (κ1) is 12.0. The topological polar surface area (TPSA) is 20.9 Å². The average Bonchev–Trinajstić information content (AvgIpc) is 2.06. The second kappa shape index (κ2) is 5.65. The van der Waals surface area contributed by atoms with Crippen molar-refractivity contribution < 1.29 is 26.3 Å². The summed E-state index contributed by atoms with van der Waals surface area (Å²) < 4.78 is 1.96. The molecule has 0 aliphatic heterocycles. The predicted octanol–water partition coefficient (Wildman–Crippen LogP) is -1.63. The van der Waals surface area contributed by atoms with E-state index in [-0.39, 0.29) is 22.8 Å². The largest absolute Gasteiger partial charge is 1.00 e. The Labute approximate surface area is 88.7 Å². The number of rotatable bonds is 3. The highest BCUT2D eigenvalue weighted by Gasteiger charge is 2.01. The van der Waals surface area contributed by atoms with E-state index < -0.39 is 0 Å². The molecule has 0 saturated heterocycles. The van der Waals surface area contributed by atoms with Crippen LogP contribution in [0.5, 0.6) is 0 Å². The van der Waals surface area contributed by atoms with Crippen LogP contribution >= 0.6 is 0 Å². The molecule has 0 amide bonds.